The van der Waals surface area contributed by atoms with Crippen LogP contribution in [-0.4, -0.2) is 50.8 Å². The average Bonchev–Trinajstić information content (AvgIpc) is 3.11. The molecule has 0 fully saturated rings. The van der Waals surface area contributed by atoms with E-state index in [4.69, 9.17) is 9.47 Å². The van der Waals surface area contributed by atoms with Gasteiger partial charge in [-0.1, -0.05) is 6.07 Å². The number of aromatic nitrogens is 4. The van der Waals surface area contributed by atoms with Gasteiger partial charge in [-0.2, -0.15) is 4.98 Å². The fourth-order valence-corrected chi connectivity index (χ4v) is 2.98. The normalized spacial score (nSPS) is 11.9. The lowest BCUT2D eigenvalue weighted by molar-refractivity contribution is -0.137. The SMILES string of the molecule is COc1ccc(C(CC(=O)O)NC(=O)c2nc3nc(C)cc(C)n3n2)cc1OC. The van der Waals surface area contributed by atoms with Gasteiger partial charge in [0.05, 0.1) is 26.7 Å². The third-order valence-corrected chi connectivity index (χ3v) is 4.32. The van der Waals surface area contributed by atoms with Gasteiger partial charge in [0, 0.05) is 11.4 Å². The summed E-state index contributed by atoms with van der Waals surface area (Å²) in [6.45, 7) is 3.65. The molecule has 1 aromatic carbocycles. The van der Waals surface area contributed by atoms with E-state index in [1.807, 2.05) is 19.9 Å². The molecule has 29 heavy (non-hydrogen) atoms. The number of carbonyl (C=O) groups is 2. The molecule has 0 saturated heterocycles. The number of fused-ring (bicyclic) bond motifs is 1. The molecule has 0 aliphatic carbocycles. The third-order valence-electron chi connectivity index (χ3n) is 4.32. The van der Waals surface area contributed by atoms with E-state index in [0.29, 0.717) is 22.8 Å². The first-order valence-electron chi connectivity index (χ1n) is 8.78. The van der Waals surface area contributed by atoms with Crippen LogP contribution in [-0.2, 0) is 4.79 Å². The van der Waals surface area contributed by atoms with Gasteiger partial charge in [-0.15, -0.1) is 5.10 Å². The monoisotopic (exact) mass is 399 g/mol. The Kier molecular flexibility index (Phi) is 5.62. The van der Waals surface area contributed by atoms with Gasteiger partial charge in [-0.25, -0.2) is 9.50 Å². The summed E-state index contributed by atoms with van der Waals surface area (Å²) in [5, 5.41) is 16.1. The molecule has 1 atom stereocenters. The van der Waals surface area contributed by atoms with Crippen molar-refractivity contribution in [3.05, 3.63) is 47.0 Å². The van der Waals surface area contributed by atoms with Crippen LogP contribution in [0.15, 0.2) is 24.3 Å². The summed E-state index contributed by atoms with van der Waals surface area (Å²) in [6, 6.07) is 5.94. The second kappa shape index (κ2) is 8.13. The van der Waals surface area contributed by atoms with Crippen molar-refractivity contribution in [1.82, 2.24) is 24.9 Å². The second-order valence-corrected chi connectivity index (χ2v) is 6.42. The first-order valence-corrected chi connectivity index (χ1v) is 8.78. The standard InChI is InChI=1S/C19H21N5O5/c1-10-7-11(2)24-19(20-10)22-17(23-24)18(27)21-13(9-16(25)26)12-5-6-14(28-3)15(8-12)29-4/h5-8,13H,9H2,1-4H3,(H,21,27)(H,25,26). The number of ether oxygens (including phenoxy) is 2. The maximum Gasteiger partial charge on any atom is 0.305 e. The van der Waals surface area contributed by atoms with E-state index >= 15 is 0 Å². The molecule has 0 bridgehead atoms. The molecule has 2 aromatic heterocycles. The Morgan fingerprint density at radius 2 is 1.86 bits per heavy atom. The lowest BCUT2D eigenvalue weighted by Gasteiger charge is -2.18. The minimum absolute atomic E-state index is 0.0953. The number of carboxylic acid groups (broad SMARTS) is 1. The van der Waals surface area contributed by atoms with Gasteiger partial charge in [0.1, 0.15) is 0 Å². The molecule has 152 valence electrons. The largest absolute Gasteiger partial charge is 0.493 e. The topological polar surface area (TPSA) is 128 Å². The number of nitrogens with zero attached hydrogens (tertiary/aromatic N) is 4. The Hall–Kier alpha value is -3.69. The number of hydrogen-bond acceptors (Lipinski definition) is 7. The van der Waals surface area contributed by atoms with Gasteiger partial charge in [0.25, 0.3) is 11.7 Å². The molecule has 1 amide bonds. The van der Waals surface area contributed by atoms with Gasteiger partial charge in [0.15, 0.2) is 11.5 Å². The van der Waals surface area contributed by atoms with Gasteiger partial charge in [-0.05, 0) is 37.6 Å². The molecule has 2 N–H and O–H groups in total. The maximum atomic E-state index is 12.7. The number of aliphatic carboxylic acids is 1. The smallest absolute Gasteiger partial charge is 0.305 e. The van der Waals surface area contributed by atoms with Gasteiger partial charge < -0.3 is 19.9 Å². The Labute approximate surface area is 166 Å². The third kappa shape index (κ3) is 4.26. The van der Waals surface area contributed by atoms with E-state index in [1.54, 1.807) is 18.2 Å². The minimum Gasteiger partial charge on any atom is -0.493 e. The minimum atomic E-state index is -1.07. The molecule has 1 unspecified atom stereocenters. The molecule has 3 aromatic rings. The first-order chi connectivity index (χ1) is 13.8. The van der Waals surface area contributed by atoms with Crippen LogP contribution < -0.4 is 14.8 Å². The van der Waals surface area contributed by atoms with Gasteiger partial charge in [-0.3, -0.25) is 9.59 Å². The number of methoxy groups -OCH3 is 2. The number of rotatable bonds is 7. The van der Waals surface area contributed by atoms with Crippen LogP contribution in [0.3, 0.4) is 0 Å². The lowest BCUT2D eigenvalue weighted by atomic mass is 10.0. The molecule has 0 aliphatic rings. The Balaban J connectivity index is 1.92. The van der Waals surface area contributed by atoms with Crippen LogP contribution in [0, 0.1) is 13.8 Å². The van der Waals surface area contributed by atoms with E-state index in [9.17, 15) is 14.7 Å². The number of amides is 1. The molecule has 0 spiro atoms. The van der Waals surface area contributed by atoms with E-state index in [0.717, 1.165) is 11.4 Å². The van der Waals surface area contributed by atoms with Gasteiger partial charge >= 0.3 is 5.97 Å². The number of hydrogen-bond donors (Lipinski definition) is 2. The van der Waals surface area contributed by atoms with Crippen molar-refractivity contribution in [2.24, 2.45) is 0 Å². The molecule has 0 aliphatic heterocycles. The highest BCUT2D eigenvalue weighted by Crippen LogP contribution is 2.31. The maximum absolute atomic E-state index is 12.7. The molecule has 0 saturated carbocycles. The summed E-state index contributed by atoms with van der Waals surface area (Å²) in [7, 11) is 2.98. The summed E-state index contributed by atoms with van der Waals surface area (Å²) in [5.41, 5.74) is 2.08. The average molecular weight is 399 g/mol. The van der Waals surface area contributed by atoms with Crippen molar-refractivity contribution in [2.45, 2.75) is 26.3 Å². The molecule has 10 nitrogen and oxygen atoms in total. The molecular formula is C19H21N5O5. The Morgan fingerprint density at radius 1 is 1.14 bits per heavy atom. The van der Waals surface area contributed by atoms with E-state index < -0.39 is 17.9 Å². The predicted molar refractivity (Wildman–Crippen MR) is 102 cm³/mol. The van der Waals surface area contributed by atoms with E-state index in [1.165, 1.54) is 18.7 Å². The van der Waals surface area contributed by atoms with E-state index in [2.05, 4.69) is 20.4 Å². The first kappa shape index (κ1) is 20.1. The number of carboxylic acids is 1. The zero-order valence-corrected chi connectivity index (χ0v) is 16.5. The molecule has 10 heteroatoms. The lowest BCUT2D eigenvalue weighted by Crippen LogP contribution is -2.31. The second-order valence-electron chi connectivity index (χ2n) is 6.42. The summed E-state index contributed by atoms with van der Waals surface area (Å²) in [6.07, 6.45) is -0.328. The fraction of sp³-hybridized carbons (Fsp3) is 0.316. The Morgan fingerprint density at radius 3 is 2.52 bits per heavy atom. The number of benzene rings is 1. The van der Waals surface area contributed by atoms with Crippen molar-refractivity contribution < 1.29 is 24.2 Å². The zero-order valence-electron chi connectivity index (χ0n) is 16.5. The van der Waals surface area contributed by atoms with Crippen molar-refractivity contribution in [1.29, 1.82) is 0 Å². The highest BCUT2D eigenvalue weighted by Gasteiger charge is 2.23. The van der Waals surface area contributed by atoms with Crippen molar-refractivity contribution >= 4 is 17.7 Å². The summed E-state index contributed by atoms with van der Waals surface area (Å²) in [5.74, 6) is -0.545. The van der Waals surface area contributed by atoms with Crippen LogP contribution >= 0.6 is 0 Å². The van der Waals surface area contributed by atoms with E-state index in [-0.39, 0.29) is 12.2 Å². The molecule has 0 radical (unpaired) electrons. The predicted octanol–water partition coefficient (Wildman–Crippen LogP) is 1.70. The van der Waals surface area contributed by atoms with Crippen molar-refractivity contribution in [2.75, 3.05) is 14.2 Å². The van der Waals surface area contributed by atoms with Crippen LogP contribution in [0.2, 0.25) is 0 Å². The highest BCUT2D eigenvalue weighted by molar-refractivity contribution is 5.91. The van der Waals surface area contributed by atoms with Crippen molar-refractivity contribution in [3.8, 4) is 11.5 Å². The van der Waals surface area contributed by atoms with Crippen LogP contribution in [0.25, 0.3) is 5.78 Å². The van der Waals surface area contributed by atoms with Crippen LogP contribution in [0.1, 0.15) is 40.0 Å². The molecule has 2 heterocycles. The highest BCUT2D eigenvalue weighted by atomic mass is 16.5. The quantitative estimate of drug-likeness (QED) is 0.614. The molecular weight excluding hydrogens is 378 g/mol. The summed E-state index contributed by atoms with van der Waals surface area (Å²) in [4.78, 5) is 32.5. The van der Waals surface area contributed by atoms with Crippen LogP contribution in [0.4, 0.5) is 0 Å². The number of aryl methyl sites for hydroxylation is 2. The summed E-state index contributed by atoms with van der Waals surface area (Å²) >= 11 is 0. The van der Waals surface area contributed by atoms with Crippen molar-refractivity contribution in [3.63, 3.8) is 0 Å². The molecule has 3 rings (SSSR count). The Bertz CT molecular complexity index is 1080. The summed E-state index contributed by atoms with van der Waals surface area (Å²) < 4.78 is 11.9. The van der Waals surface area contributed by atoms with Crippen LogP contribution in [0.5, 0.6) is 11.5 Å². The zero-order chi connectivity index (χ0) is 21.1. The number of carbonyl (C=O) groups excluding carboxylic acids is 1. The van der Waals surface area contributed by atoms with Gasteiger partial charge in [0.2, 0.25) is 5.82 Å². The fourth-order valence-electron chi connectivity index (χ4n) is 2.98. The number of nitrogens with one attached hydrogen (secondary N) is 1.